The Bertz CT molecular complexity index is 926. The molecule has 0 aliphatic carbocycles. The van der Waals surface area contributed by atoms with Gasteiger partial charge in [0, 0.05) is 0 Å². The Morgan fingerprint density at radius 2 is 1.25 bits per heavy atom. The standard InChI is InChI=1S/C13H22OSi.C13H10.2ClH.FH.Ti/c1-10-7-11(14)9-12(8-10)15(5,6)13(2,3)4;1-3-7-12(8-4-1)11-13-9-5-2-6-10-13;;;;/h7-9,14H,1-6H3;1-10H;3*1H;/q;;;;;+1/p-1. The molecule has 0 atom stereocenters. The molecule has 0 aromatic heterocycles. The van der Waals surface area contributed by atoms with Crippen molar-refractivity contribution in [3.8, 4) is 5.75 Å². The Labute approximate surface area is 215 Å². The summed E-state index contributed by atoms with van der Waals surface area (Å²) in [5.74, 6) is 0.398. The summed E-state index contributed by atoms with van der Waals surface area (Å²) in [6.07, 6.45) is 0. The van der Waals surface area contributed by atoms with E-state index in [1.165, 1.54) is 5.19 Å². The molecule has 0 spiro atoms. The average molecular weight is 528 g/mol. The van der Waals surface area contributed by atoms with Crippen LogP contribution in [0.15, 0.2) is 78.9 Å². The molecule has 3 aromatic carbocycles. The molecule has 0 bridgehead atoms. The van der Waals surface area contributed by atoms with Gasteiger partial charge in [-0.05, 0) is 29.7 Å². The summed E-state index contributed by atoms with van der Waals surface area (Å²) >= 11 is -1.53. The summed E-state index contributed by atoms with van der Waals surface area (Å²) in [4.78, 5) is 0. The molecule has 32 heavy (non-hydrogen) atoms. The van der Waals surface area contributed by atoms with Crippen molar-refractivity contribution in [3.63, 3.8) is 0 Å². The zero-order chi connectivity index (χ0) is 22.4. The normalized spacial score (nSPS) is 10.5. The van der Waals surface area contributed by atoms with E-state index in [9.17, 15) is 8.20 Å². The summed E-state index contributed by atoms with van der Waals surface area (Å²) in [5.41, 5.74) is 3.16. The number of rotatable bonds is 3. The molecule has 1 N–H and O–H groups in total. The molecule has 0 fully saturated rings. The van der Waals surface area contributed by atoms with E-state index in [0.717, 1.165) is 20.5 Å². The SMILES string of the molecule is Cc1cc(O)cc([Si](C)(C)C(C)(C)C)c1.Cl.Cl.[F][Ti]=[C](c1ccccc1)c1ccccc1. The number of hydrogen-bond donors (Lipinski definition) is 1. The molecule has 1 nitrogen and oxygen atoms in total. The third-order valence-electron chi connectivity index (χ3n) is 5.88. The van der Waals surface area contributed by atoms with Crippen LogP contribution in [-0.4, -0.2) is 17.0 Å². The van der Waals surface area contributed by atoms with Crippen molar-refractivity contribution in [2.75, 3.05) is 0 Å². The van der Waals surface area contributed by atoms with Crippen LogP contribution in [0.2, 0.25) is 18.1 Å². The van der Waals surface area contributed by atoms with Crippen molar-refractivity contribution in [3.05, 3.63) is 95.6 Å². The third kappa shape index (κ3) is 8.28. The van der Waals surface area contributed by atoms with E-state index in [2.05, 4.69) is 39.9 Å². The van der Waals surface area contributed by atoms with Gasteiger partial charge in [-0.3, -0.25) is 0 Å². The van der Waals surface area contributed by atoms with Crippen LogP contribution in [0.4, 0.5) is 3.09 Å². The fourth-order valence-electron chi connectivity index (χ4n) is 3.04. The van der Waals surface area contributed by atoms with Gasteiger partial charge in [0.1, 0.15) is 5.75 Å². The van der Waals surface area contributed by atoms with Crippen LogP contribution < -0.4 is 5.19 Å². The molecule has 0 aliphatic rings. The zero-order valence-corrected chi connectivity index (χ0v) is 23.8. The molecule has 0 amide bonds. The van der Waals surface area contributed by atoms with Gasteiger partial charge in [0.15, 0.2) is 0 Å². The van der Waals surface area contributed by atoms with E-state index in [1.807, 2.05) is 79.7 Å². The molecule has 0 saturated carbocycles. The first-order valence-electron chi connectivity index (χ1n) is 10.2. The van der Waals surface area contributed by atoms with Gasteiger partial charge in [-0.15, -0.1) is 24.8 Å². The molecular formula is C26H34Cl2FOSiTi. The van der Waals surface area contributed by atoms with Gasteiger partial charge in [0.2, 0.25) is 0 Å². The molecular weight excluding hydrogens is 494 g/mol. The number of phenols is 1. The van der Waals surface area contributed by atoms with E-state index in [4.69, 9.17) is 0 Å². The molecule has 0 heterocycles. The van der Waals surface area contributed by atoms with Crippen LogP contribution in [0.3, 0.4) is 0 Å². The Morgan fingerprint density at radius 3 is 1.59 bits per heavy atom. The van der Waals surface area contributed by atoms with Crippen LogP contribution in [0.25, 0.3) is 0 Å². The molecule has 3 aromatic rings. The molecule has 3 rings (SSSR count). The number of halogens is 3. The van der Waals surface area contributed by atoms with Gasteiger partial charge < -0.3 is 5.11 Å². The first kappa shape index (κ1) is 30.8. The van der Waals surface area contributed by atoms with Crippen molar-refractivity contribution in [2.45, 2.75) is 45.8 Å². The van der Waals surface area contributed by atoms with Gasteiger partial charge in [0.05, 0.1) is 8.07 Å². The van der Waals surface area contributed by atoms with E-state index in [0.29, 0.717) is 10.8 Å². The van der Waals surface area contributed by atoms with Crippen LogP contribution >= 0.6 is 24.8 Å². The van der Waals surface area contributed by atoms with Crippen molar-refractivity contribution >= 4 is 41.9 Å². The van der Waals surface area contributed by atoms with Crippen LogP contribution in [-0.2, 0) is 19.2 Å². The fraction of sp³-hybridized carbons (Fsp3) is 0.269. The molecule has 0 unspecified atom stereocenters. The first-order valence-corrected chi connectivity index (χ1v) is 14.6. The molecule has 173 valence electrons. The summed E-state index contributed by atoms with van der Waals surface area (Å²) in [6.45, 7) is 13.6. The quantitative estimate of drug-likeness (QED) is 0.350. The molecule has 0 saturated heterocycles. The second kappa shape index (κ2) is 13.5. The monoisotopic (exact) mass is 527 g/mol. The van der Waals surface area contributed by atoms with E-state index in [-0.39, 0.29) is 24.8 Å². The van der Waals surface area contributed by atoms with Crippen LogP contribution in [0.5, 0.6) is 5.75 Å². The van der Waals surface area contributed by atoms with Gasteiger partial charge >= 0.3 is 97.9 Å². The number of aromatic hydroxyl groups is 1. The summed E-state index contributed by atoms with van der Waals surface area (Å²) in [5, 5.41) is 11.3. The summed E-state index contributed by atoms with van der Waals surface area (Å²) in [6, 6.07) is 25.5. The molecule has 0 aliphatic heterocycles. The predicted octanol–water partition coefficient (Wildman–Crippen LogP) is 7.48. The van der Waals surface area contributed by atoms with Crippen molar-refractivity contribution in [1.82, 2.24) is 0 Å². The van der Waals surface area contributed by atoms with Gasteiger partial charge in [-0.25, -0.2) is 0 Å². The summed E-state index contributed by atoms with van der Waals surface area (Å²) in [7, 11) is -1.50. The fourth-order valence-corrected chi connectivity index (χ4v) is 5.87. The molecule has 0 radical (unpaired) electrons. The maximum absolute atomic E-state index is 13.1. The second-order valence-corrected chi connectivity index (χ2v) is 15.5. The van der Waals surface area contributed by atoms with Crippen molar-refractivity contribution < 1.29 is 27.4 Å². The maximum atomic E-state index is 13.1. The van der Waals surface area contributed by atoms with E-state index in [1.54, 1.807) is 0 Å². The van der Waals surface area contributed by atoms with E-state index >= 15 is 0 Å². The van der Waals surface area contributed by atoms with Gasteiger partial charge in [-0.2, -0.15) is 0 Å². The Hall–Kier alpha value is -1.23. The Kier molecular flexibility index (Phi) is 13.0. The minimum atomic E-state index is -1.53. The molecule has 6 heteroatoms. The minimum absolute atomic E-state index is 0. The number of hydrogen-bond acceptors (Lipinski definition) is 1. The van der Waals surface area contributed by atoms with Crippen molar-refractivity contribution in [2.24, 2.45) is 0 Å². The Morgan fingerprint density at radius 1 is 0.812 bits per heavy atom. The number of phenolic OH excluding ortho intramolecular Hbond substituents is 1. The van der Waals surface area contributed by atoms with Gasteiger partial charge in [-0.1, -0.05) is 45.1 Å². The second-order valence-electron chi connectivity index (χ2n) is 9.13. The Balaban J connectivity index is 0.000000565. The van der Waals surface area contributed by atoms with Gasteiger partial charge in [0.25, 0.3) is 0 Å². The predicted molar refractivity (Wildman–Crippen MR) is 141 cm³/mol. The topological polar surface area (TPSA) is 20.2 Å². The van der Waals surface area contributed by atoms with Crippen LogP contribution in [0.1, 0.15) is 37.5 Å². The third-order valence-corrected chi connectivity index (χ3v) is 12.6. The van der Waals surface area contributed by atoms with Crippen LogP contribution in [0, 0.1) is 6.92 Å². The van der Waals surface area contributed by atoms with E-state index < -0.39 is 27.3 Å². The average Bonchev–Trinajstić information content (AvgIpc) is 2.69. The number of aryl methyl sites for hydroxylation is 1. The zero-order valence-electron chi connectivity index (χ0n) is 19.6. The first-order chi connectivity index (χ1) is 14.1. The summed E-state index contributed by atoms with van der Waals surface area (Å²) < 4.78 is 14.0. The van der Waals surface area contributed by atoms with Crippen molar-refractivity contribution in [1.29, 1.82) is 0 Å². The number of benzene rings is 3.